The van der Waals surface area contributed by atoms with Crippen LogP contribution in [0.2, 0.25) is 0 Å². The van der Waals surface area contributed by atoms with Crippen molar-refractivity contribution >= 4 is 29.9 Å². The zero-order valence-corrected chi connectivity index (χ0v) is 15.6. The van der Waals surface area contributed by atoms with Gasteiger partial charge in [0.15, 0.2) is 0 Å². The van der Waals surface area contributed by atoms with E-state index in [-0.39, 0.29) is 30.1 Å². The van der Waals surface area contributed by atoms with Crippen LogP contribution in [0, 0.1) is 5.92 Å². The molecule has 25 heavy (non-hydrogen) atoms. The van der Waals surface area contributed by atoms with Crippen LogP contribution in [0.4, 0.5) is 5.69 Å². The van der Waals surface area contributed by atoms with Crippen molar-refractivity contribution in [2.24, 2.45) is 5.92 Å². The smallest absolute Gasteiger partial charge is 0.255 e. The Balaban J connectivity index is 0.00000225. The largest absolute Gasteiger partial charge is 0.339 e. The molecule has 1 saturated heterocycles. The lowest BCUT2D eigenvalue weighted by atomic mass is 9.94. The van der Waals surface area contributed by atoms with E-state index in [2.05, 4.69) is 10.6 Å². The van der Waals surface area contributed by atoms with E-state index in [1.54, 1.807) is 0 Å². The third-order valence-corrected chi connectivity index (χ3v) is 5.29. The molecule has 1 saturated carbocycles. The molecule has 0 radical (unpaired) electrons. The van der Waals surface area contributed by atoms with E-state index in [9.17, 15) is 9.59 Å². The number of nitrogens with zero attached hydrogens (tertiary/aromatic N) is 1. The van der Waals surface area contributed by atoms with E-state index in [0.717, 1.165) is 25.8 Å². The summed E-state index contributed by atoms with van der Waals surface area (Å²) in [4.78, 5) is 27.2. The fourth-order valence-electron chi connectivity index (χ4n) is 3.72. The summed E-state index contributed by atoms with van der Waals surface area (Å²) < 4.78 is 0. The summed E-state index contributed by atoms with van der Waals surface area (Å²) in [7, 11) is 1.89. The first kappa shape index (κ1) is 19.7. The molecule has 1 aliphatic carbocycles. The highest BCUT2D eigenvalue weighted by Gasteiger charge is 2.26. The Hall–Kier alpha value is -1.59. The molecular weight excluding hydrogens is 338 g/mol. The topological polar surface area (TPSA) is 61.4 Å². The average Bonchev–Trinajstić information content (AvgIpc) is 3.16. The van der Waals surface area contributed by atoms with Gasteiger partial charge in [0.2, 0.25) is 5.91 Å². The predicted molar refractivity (Wildman–Crippen MR) is 102 cm³/mol. The van der Waals surface area contributed by atoms with E-state index in [0.29, 0.717) is 23.8 Å². The summed E-state index contributed by atoms with van der Waals surface area (Å²) in [5.74, 6) is -0.00727. The number of amides is 2. The molecule has 2 N–H and O–H groups in total. The predicted octanol–water partition coefficient (Wildman–Crippen LogP) is 3.06. The van der Waals surface area contributed by atoms with Crippen molar-refractivity contribution in [3.63, 3.8) is 0 Å². The second kappa shape index (κ2) is 9.20. The van der Waals surface area contributed by atoms with Gasteiger partial charge in [-0.15, -0.1) is 12.4 Å². The quantitative estimate of drug-likeness (QED) is 0.862. The lowest BCUT2D eigenvalue weighted by Crippen LogP contribution is -2.38. The van der Waals surface area contributed by atoms with Gasteiger partial charge in [-0.25, -0.2) is 0 Å². The maximum atomic E-state index is 12.9. The van der Waals surface area contributed by atoms with Crippen molar-refractivity contribution < 1.29 is 9.59 Å². The summed E-state index contributed by atoms with van der Waals surface area (Å²) in [5, 5.41) is 6.17. The minimum atomic E-state index is -0.00997. The van der Waals surface area contributed by atoms with Crippen LogP contribution in [0.15, 0.2) is 24.3 Å². The third-order valence-electron chi connectivity index (χ3n) is 5.29. The Labute approximate surface area is 155 Å². The molecule has 138 valence electrons. The number of para-hydroxylation sites is 1. The first-order valence-corrected chi connectivity index (χ1v) is 9.04. The van der Waals surface area contributed by atoms with Gasteiger partial charge in [-0.2, -0.15) is 0 Å². The van der Waals surface area contributed by atoms with E-state index < -0.39 is 0 Å². The molecule has 5 nitrogen and oxygen atoms in total. The van der Waals surface area contributed by atoms with Crippen LogP contribution >= 0.6 is 12.4 Å². The van der Waals surface area contributed by atoms with Crippen LogP contribution in [0.3, 0.4) is 0 Å². The van der Waals surface area contributed by atoms with Crippen molar-refractivity contribution in [1.82, 2.24) is 10.2 Å². The maximum absolute atomic E-state index is 12.9. The number of rotatable bonds is 4. The number of anilines is 1. The molecule has 0 bridgehead atoms. The van der Waals surface area contributed by atoms with Gasteiger partial charge >= 0.3 is 0 Å². The standard InChI is InChI=1S/C19H27N3O2.ClH/c1-22(15-7-3-2-4-8-15)19(24)16-9-5-6-10-17(16)21-18(23)14-11-12-20-13-14;/h5-6,9-10,14-15,20H,2-4,7-8,11-13H2,1H3,(H,21,23);1H. The van der Waals surface area contributed by atoms with E-state index in [1.165, 1.54) is 19.3 Å². The highest BCUT2D eigenvalue weighted by molar-refractivity contribution is 6.04. The van der Waals surface area contributed by atoms with Crippen molar-refractivity contribution in [2.45, 2.75) is 44.6 Å². The maximum Gasteiger partial charge on any atom is 0.255 e. The van der Waals surface area contributed by atoms with Crippen LogP contribution in [-0.2, 0) is 4.79 Å². The molecule has 1 aromatic rings. The summed E-state index contributed by atoms with van der Waals surface area (Å²) in [5.41, 5.74) is 1.21. The lowest BCUT2D eigenvalue weighted by molar-refractivity contribution is -0.119. The average molecular weight is 366 g/mol. The molecule has 6 heteroatoms. The van der Waals surface area contributed by atoms with Crippen LogP contribution in [0.5, 0.6) is 0 Å². The molecule has 3 rings (SSSR count). The molecule has 1 heterocycles. The number of nitrogens with one attached hydrogen (secondary N) is 2. The molecule has 2 fully saturated rings. The zero-order chi connectivity index (χ0) is 16.9. The van der Waals surface area contributed by atoms with Crippen molar-refractivity contribution in [1.29, 1.82) is 0 Å². The molecule has 1 aliphatic heterocycles. The minimum absolute atomic E-state index is 0. The summed E-state index contributed by atoms with van der Waals surface area (Å²) in [6.07, 6.45) is 6.64. The van der Waals surface area contributed by atoms with Crippen molar-refractivity contribution in [3.05, 3.63) is 29.8 Å². The van der Waals surface area contributed by atoms with Gasteiger partial charge in [-0.3, -0.25) is 9.59 Å². The van der Waals surface area contributed by atoms with Gasteiger partial charge in [-0.1, -0.05) is 31.4 Å². The number of carbonyl (C=O) groups is 2. The Morgan fingerprint density at radius 2 is 1.84 bits per heavy atom. The molecule has 2 aliphatic rings. The number of halogens is 1. The van der Waals surface area contributed by atoms with Gasteiger partial charge in [0, 0.05) is 19.6 Å². The lowest BCUT2D eigenvalue weighted by Gasteiger charge is -2.31. The summed E-state index contributed by atoms with van der Waals surface area (Å²) in [6, 6.07) is 7.66. The first-order valence-electron chi connectivity index (χ1n) is 9.04. The van der Waals surface area contributed by atoms with E-state index >= 15 is 0 Å². The summed E-state index contributed by atoms with van der Waals surface area (Å²) in [6.45, 7) is 1.59. The van der Waals surface area contributed by atoms with Crippen LogP contribution in [0.1, 0.15) is 48.9 Å². The molecule has 0 spiro atoms. The number of hydrogen-bond donors (Lipinski definition) is 2. The fourth-order valence-corrected chi connectivity index (χ4v) is 3.72. The Kier molecular flexibility index (Phi) is 7.26. The molecule has 1 unspecified atom stereocenters. The monoisotopic (exact) mass is 365 g/mol. The van der Waals surface area contributed by atoms with E-state index in [4.69, 9.17) is 0 Å². The second-order valence-electron chi connectivity index (χ2n) is 6.93. The number of hydrogen-bond acceptors (Lipinski definition) is 3. The zero-order valence-electron chi connectivity index (χ0n) is 14.8. The highest BCUT2D eigenvalue weighted by atomic mass is 35.5. The molecule has 2 amide bonds. The van der Waals surface area contributed by atoms with Gasteiger partial charge < -0.3 is 15.5 Å². The highest BCUT2D eigenvalue weighted by Crippen LogP contribution is 2.25. The SMILES string of the molecule is CN(C(=O)c1ccccc1NC(=O)C1CCNC1)C1CCCCC1.Cl. The van der Waals surface area contributed by atoms with E-state index in [1.807, 2.05) is 36.2 Å². The van der Waals surface area contributed by atoms with Crippen molar-refractivity contribution in [2.75, 3.05) is 25.5 Å². The number of carbonyl (C=O) groups excluding carboxylic acids is 2. The second-order valence-corrected chi connectivity index (χ2v) is 6.93. The normalized spacial score (nSPS) is 20.6. The van der Waals surface area contributed by atoms with Crippen LogP contribution < -0.4 is 10.6 Å². The fraction of sp³-hybridized carbons (Fsp3) is 0.579. The summed E-state index contributed by atoms with van der Waals surface area (Å²) >= 11 is 0. The Bertz CT molecular complexity index is 596. The Morgan fingerprint density at radius 1 is 1.12 bits per heavy atom. The molecule has 1 atom stereocenters. The van der Waals surface area contributed by atoms with Gasteiger partial charge in [0.05, 0.1) is 17.2 Å². The third kappa shape index (κ3) is 4.73. The van der Waals surface area contributed by atoms with Gasteiger partial charge in [-0.05, 0) is 37.9 Å². The number of benzene rings is 1. The molecular formula is C19H28ClN3O2. The van der Waals surface area contributed by atoms with Crippen LogP contribution in [0.25, 0.3) is 0 Å². The molecule has 0 aromatic heterocycles. The van der Waals surface area contributed by atoms with Crippen molar-refractivity contribution in [3.8, 4) is 0 Å². The van der Waals surface area contributed by atoms with Gasteiger partial charge in [0.1, 0.15) is 0 Å². The minimum Gasteiger partial charge on any atom is -0.339 e. The first-order chi connectivity index (χ1) is 11.7. The van der Waals surface area contributed by atoms with Gasteiger partial charge in [0.25, 0.3) is 5.91 Å². The Morgan fingerprint density at radius 3 is 2.52 bits per heavy atom. The van der Waals surface area contributed by atoms with Crippen LogP contribution in [-0.4, -0.2) is 42.9 Å². The molecule has 1 aromatic carbocycles.